The van der Waals surface area contributed by atoms with Crippen LogP contribution in [0.25, 0.3) is 0 Å². The molecule has 0 aromatic carbocycles. The van der Waals surface area contributed by atoms with Crippen LogP contribution in [-0.2, 0) is 22.5 Å². The van der Waals surface area contributed by atoms with Crippen molar-refractivity contribution in [1.29, 1.82) is 0 Å². The topological polar surface area (TPSA) is 64.3 Å². The Morgan fingerprint density at radius 1 is 1.61 bits per heavy atom. The molecular weight excluding hydrogens is 252 g/mol. The summed E-state index contributed by atoms with van der Waals surface area (Å²) >= 11 is 1.25. The number of rotatable bonds is 8. The molecule has 102 valence electrons. The van der Waals surface area contributed by atoms with Crippen LogP contribution in [0.1, 0.15) is 26.5 Å². The molecule has 18 heavy (non-hydrogen) atoms. The number of hydrogen-bond donors (Lipinski definition) is 1. The molecule has 0 saturated carbocycles. The van der Waals surface area contributed by atoms with E-state index >= 15 is 0 Å². The molecule has 0 aliphatic rings. The molecule has 0 aliphatic heterocycles. The maximum atomic E-state index is 10.6. The van der Waals surface area contributed by atoms with Gasteiger partial charge in [0.05, 0.1) is 18.5 Å². The van der Waals surface area contributed by atoms with Gasteiger partial charge < -0.3 is 14.4 Å². The molecule has 0 saturated heterocycles. The van der Waals surface area contributed by atoms with Crippen molar-refractivity contribution in [2.24, 2.45) is 0 Å². The average Bonchev–Trinajstić information content (AvgIpc) is 2.68. The summed E-state index contributed by atoms with van der Waals surface area (Å²) in [4.78, 5) is 14.8. The van der Waals surface area contributed by atoms with Gasteiger partial charge in [0.1, 0.15) is 0 Å². The molecule has 0 unspecified atom stereocenters. The Balaban J connectivity index is 2.65. The van der Waals surface area contributed by atoms with E-state index in [0.29, 0.717) is 13.2 Å². The molecule has 1 heterocycles. The van der Waals surface area contributed by atoms with E-state index in [9.17, 15) is 4.79 Å². The summed E-state index contributed by atoms with van der Waals surface area (Å²) in [7, 11) is 0. The molecule has 0 atom stereocenters. The average molecular weight is 272 g/mol. The summed E-state index contributed by atoms with van der Waals surface area (Å²) < 4.78 is 7.56. The van der Waals surface area contributed by atoms with E-state index in [2.05, 4.69) is 11.9 Å². The molecule has 1 aromatic heterocycles. The largest absolute Gasteiger partial charge is 0.481 e. The number of carbonyl (C=O) groups is 1. The smallest absolute Gasteiger partial charge is 0.313 e. The van der Waals surface area contributed by atoms with E-state index in [0.717, 1.165) is 17.3 Å². The minimum Gasteiger partial charge on any atom is -0.481 e. The van der Waals surface area contributed by atoms with Crippen LogP contribution in [0.2, 0.25) is 0 Å². The van der Waals surface area contributed by atoms with Crippen LogP contribution in [0, 0.1) is 0 Å². The highest BCUT2D eigenvalue weighted by atomic mass is 32.2. The first-order valence-electron chi connectivity index (χ1n) is 6.05. The molecule has 5 nitrogen and oxygen atoms in total. The quantitative estimate of drug-likeness (QED) is 0.734. The van der Waals surface area contributed by atoms with Crippen LogP contribution in [0.15, 0.2) is 11.4 Å². The fraction of sp³-hybridized carbons (Fsp3) is 0.667. The highest BCUT2D eigenvalue weighted by Crippen LogP contribution is 2.18. The van der Waals surface area contributed by atoms with Gasteiger partial charge in [-0.25, -0.2) is 4.98 Å². The fourth-order valence-corrected chi connectivity index (χ4v) is 2.28. The lowest BCUT2D eigenvalue weighted by Crippen LogP contribution is -2.13. The number of aliphatic carboxylic acids is 1. The number of ether oxygens (including phenoxy) is 1. The summed E-state index contributed by atoms with van der Waals surface area (Å²) in [5.41, 5.74) is 1.11. The van der Waals surface area contributed by atoms with Crippen molar-refractivity contribution in [3.8, 4) is 0 Å². The van der Waals surface area contributed by atoms with Crippen molar-refractivity contribution in [3.63, 3.8) is 0 Å². The van der Waals surface area contributed by atoms with Crippen LogP contribution in [0.5, 0.6) is 0 Å². The summed E-state index contributed by atoms with van der Waals surface area (Å²) in [6.45, 7) is 7.37. The lowest BCUT2D eigenvalue weighted by Gasteiger charge is -2.12. The molecule has 1 rings (SSSR count). The number of aromatic nitrogens is 2. The number of aryl methyl sites for hydroxylation is 1. The predicted octanol–water partition coefficient (Wildman–Crippen LogP) is 2.05. The molecule has 0 radical (unpaired) electrons. The Morgan fingerprint density at radius 3 is 2.89 bits per heavy atom. The number of imidazole rings is 1. The van der Waals surface area contributed by atoms with Gasteiger partial charge in [0, 0.05) is 18.4 Å². The molecule has 0 aliphatic carbocycles. The lowest BCUT2D eigenvalue weighted by atomic mass is 10.3. The van der Waals surface area contributed by atoms with E-state index in [1.54, 1.807) is 6.20 Å². The molecule has 0 spiro atoms. The van der Waals surface area contributed by atoms with Crippen LogP contribution in [0.4, 0.5) is 0 Å². The predicted molar refractivity (Wildman–Crippen MR) is 71.1 cm³/mol. The lowest BCUT2D eigenvalue weighted by molar-refractivity contribution is -0.133. The van der Waals surface area contributed by atoms with E-state index in [1.165, 1.54) is 11.8 Å². The standard InChI is InChI=1S/C12H20N2O3S/c1-4-10-7-13-12(18-8-11(15)16)14(10)5-6-17-9(2)3/h7,9H,4-6,8H2,1-3H3,(H,15,16). The molecule has 0 fully saturated rings. The van der Waals surface area contributed by atoms with Gasteiger partial charge in [-0.15, -0.1) is 0 Å². The molecule has 1 N–H and O–H groups in total. The molecule has 0 bridgehead atoms. The van der Waals surface area contributed by atoms with Crippen molar-refractivity contribution >= 4 is 17.7 Å². The molecular formula is C12H20N2O3S. The first-order chi connectivity index (χ1) is 8.54. The summed E-state index contributed by atoms with van der Waals surface area (Å²) in [6, 6.07) is 0. The van der Waals surface area contributed by atoms with Crippen molar-refractivity contribution in [1.82, 2.24) is 9.55 Å². The van der Waals surface area contributed by atoms with Gasteiger partial charge in [0.25, 0.3) is 0 Å². The Hall–Kier alpha value is -1.01. The van der Waals surface area contributed by atoms with Gasteiger partial charge in [-0.2, -0.15) is 0 Å². The van der Waals surface area contributed by atoms with Gasteiger partial charge in [-0.1, -0.05) is 18.7 Å². The second kappa shape index (κ2) is 7.43. The first-order valence-corrected chi connectivity index (χ1v) is 7.03. The Morgan fingerprint density at radius 2 is 2.33 bits per heavy atom. The van der Waals surface area contributed by atoms with E-state index in [1.807, 2.05) is 18.4 Å². The zero-order valence-electron chi connectivity index (χ0n) is 11.0. The normalized spacial score (nSPS) is 11.1. The first kappa shape index (κ1) is 15.0. The maximum Gasteiger partial charge on any atom is 0.313 e. The van der Waals surface area contributed by atoms with Gasteiger partial charge in [0.2, 0.25) is 0 Å². The third-order valence-electron chi connectivity index (χ3n) is 2.35. The van der Waals surface area contributed by atoms with Gasteiger partial charge in [-0.05, 0) is 20.3 Å². The minimum absolute atomic E-state index is 0.0329. The van der Waals surface area contributed by atoms with Crippen molar-refractivity contribution < 1.29 is 14.6 Å². The zero-order valence-corrected chi connectivity index (χ0v) is 11.9. The second-order valence-corrected chi connectivity index (χ2v) is 5.08. The Kier molecular flexibility index (Phi) is 6.21. The molecule has 1 aromatic rings. The molecule has 6 heteroatoms. The van der Waals surface area contributed by atoms with Gasteiger partial charge in [-0.3, -0.25) is 4.79 Å². The van der Waals surface area contributed by atoms with Gasteiger partial charge in [0.15, 0.2) is 5.16 Å². The Labute approximate surface area is 112 Å². The number of carboxylic acid groups (broad SMARTS) is 1. The number of thioether (sulfide) groups is 1. The monoisotopic (exact) mass is 272 g/mol. The van der Waals surface area contributed by atoms with Crippen LogP contribution >= 0.6 is 11.8 Å². The number of nitrogens with zero attached hydrogens (tertiary/aromatic N) is 2. The van der Waals surface area contributed by atoms with Crippen LogP contribution in [0.3, 0.4) is 0 Å². The highest BCUT2D eigenvalue weighted by molar-refractivity contribution is 7.99. The SMILES string of the molecule is CCc1cnc(SCC(=O)O)n1CCOC(C)C. The third-order valence-corrected chi connectivity index (χ3v) is 3.33. The number of hydrogen-bond acceptors (Lipinski definition) is 4. The van der Waals surface area contributed by atoms with Crippen molar-refractivity contribution in [2.45, 2.75) is 45.0 Å². The van der Waals surface area contributed by atoms with E-state index < -0.39 is 5.97 Å². The second-order valence-electron chi connectivity index (χ2n) is 4.14. The fourth-order valence-electron chi connectivity index (χ4n) is 1.53. The van der Waals surface area contributed by atoms with Crippen molar-refractivity contribution in [3.05, 3.63) is 11.9 Å². The van der Waals surface area contributed by atoms with E-state index in [4.69, 9.17) is 9.84 Å². The van der Waals surface area contributed by atoms with E-state index in [-0.39, 0.29) is 11.9 Å². The highest BCUT2D eigenvalue weighted by Gasteiger charge is 2.11. The molecule has 0 amide bonds. The van der Waals surface area contributed by atoms with Gasteiger partial charge >= 0.3 is 5.97 Å². The summed E-state index contributed by atoms with van der Waals surface area (Å²) in [6.07, 6.45) is 2.88. The summed E-state index contributed by atoms with van der Waals surface area (Å²) in [5.74, 6) is -0.795. The van der Waals surface area contributed by atoms with Crippen LogP contribution < -0.4 is 0 Å². The number of carboxylic acids is 1. The maximum absolute atomic E-state index is 10.6. The van der Waals surface area contributed by atoms with Crippen molar-refractivity contribution in [2.75, 3.05) is 12.4 Å². The Bertz CT molecular complexity index is 391. The summed E-state index contributed by atoms with van der Waals surface area (Å²) in [5, 5.41) is 9.45. The third kappa shape index (κ3) is 4.70. The minimum atomic E-state index is -0.828. The zero-order chi connectivity index (χ0) is 13.5. The van der Waals surface area contributed by atoms with Crippen LogP contribution in [-0.4, -0.2) is 39.1 Å².